The minimum Gasteiger partial charge on any atom is -0.370 e. The van der Waals surface area contributed by atoms with E-state index in [9.17, 15) is 4.79 Å². The Morgan fingerprint density at radius 3 is 3.04 bits per heavy atom. The molecular formula is C18H31N5O. The van der Waals surface area contributed by atoms with E-state index in [1.165, 1.54) is 6.42 Å². The lowest BCUT2D eigenvalue weighted by atomic mass is 9.93. The molecule has 6 nitrogen and oxygen atoms in total. The summed E-state index contributed by atoms with van der Waals surface area (Å²) >= 11 is 0. The molecule has 2 rings (SSSR count). The molecule has 134 valence electrons. The largest absolute Gasteiger partial charge is 0.370 e. The zero-order valence-corrected chi connectivity index (χ0v) is 15.1. The monoisotopic (exact) mass is 333 g/mol. The van der Waals surface area contributed by atoms with Gasteiger partial charge >= 0.3 is 0 Å². The summed E-state index contributed by atoms with van der Waals surface area (Å²) in [5.41, 5.74) is 0. The lowest BCUT2D eigenvalue weighted by Crippen LogP contribution is -2.36. The number of amides is 1. The molecule has 0 aromatic carbocycles. The zero-order chi connectivity index (χ0) is 17.2. The van der Waals surface area contributed by atoms with Crippen LogP contribution in [0.4, 0.5) is 11.6 Å². The van der Waals surface area contributed by atoms with Crippen LogP contribution in [-0.2, 0) is 4.79 Å². The second-order valence-electron chi connectivity index (χ2n) is 6.49. The third kappa shape index (κ3) is 5.98. The minimum atomic E-state index is 0.192. The first-order valence-corrected chi connectivity index (χ1v) is 9.30. The summed E-state index contributed by atoms with van der Waals surface area (Å²) in [6.07, 6.45) is 7.75. The third-order valence-corrected chi connectivity index (χ3v) is 4.49. The van der Waals surface area contributed by atoms with Crippen molar-refractivity contribution in [2.24, 2.45) is 5.92 Å². The number of rotatable bonds is 9. The molecule has 1 aliphatic heterocycles. The van der Waals surface area contributed by atoms with Gasteiger partial charge in [-0.3, -0.25) is 4.79 Å². The normalized spacial score (nSPS) is 17.6. The van der Waals surface area contributed by atoms with Crippen LogP contribution in [0.2, 0.25) is 0 Å². The van der Waals surface area contributed by atoms with Crippen LogP contribution in [-0.4, -0.2) is 42.1 Å². The van der Waals surface area contributed by atoms with Crippen LogP contribution < -0.4 is 15.5 Å². The van der Waals surface area contributed by atoms with Crippen molar-refractivity contribution in [3.63, 3.8) is 0 Å². The number of carbonyl (C=O) groups is 1. The van der Waals surface area contributed by atoms with Crippen molar-refractivity contribution < 1.29 is 4.79 Å². The highest BCUT2D eigenvalue weighted by molar-refractivity contribution is 5.75. The summed E-state index contributed by atoms with van der Waals surface area (Å²) in [7, 11) is 0. The number of anilines is 2. The zero-order valence-electron chi connectivity index (χ0n) is 15.1. The van der Waals surface area contributed by atoms with Gasteiger partial charge in [0.2, 0.25) is 5.91 Å². The standard InChI is InChI=1S/C18H31N5O/c1-3-5-10-20-18(24)9-8-15-7-6-11-23(13-15)17-12-16(19-4-2)21-14-22-17/h12,14-15H,3-11,13H2,1-2H3,(H,20,24)(H,19,21,22)/t15-/m1/s1. The number of aromatic nitrogens is 2. The average molecular weight is 333 g/mol. The summed E-state index contributed by atoms with van der Waals surface area (Å²) < 4.78 is 0. The highest BCUT2D eigenvalue weighted by atomic mass is 16.1. The molecule has 0 spiro atoms. The first kappa shape index (κ1) is 18.5. The maximum absolute atomic E-state index is 11.9. The molecule has 1 amide bonds. The molecule has 0 aliphatic carbocycles. The van der Waals surface area contributed by atoms with Crippen LogP contribution in [0.1, 0.15) is 52.4 Å². The summed E-state index contributed by atoms with van der Waals surface area (Å²) in [5.74, 6) is 2.61. The van der Waals surface area contributed by atoms with Gasteiger partial charge < -0.3 is 15.5 Å². The van der Waals surface area contributed by atoms with Crippen molar-refractivity contribution in [3.8, 4) is 0 Å². The average Bonchev–Trinajstić information content (AvgIpc) is 2.61. The van der Waals surface area contributed by atoms with Crippen molar-refractivity contribution in [3.05, 3.63) is 12.4 Å². The molecule has 0 bridgehead atoms. The molecule has 2 N–H and O–H groups in total. The predicted octanol–water partition coefficient (Wildman–Crippen LogP) is 2.82. The smallest absolute Gasteiger partial charge is 0.220 e. The third-order valence-electron chi connectivity index (χ3n) is 4.49. The highest BCUT2D eigenvalue weighted by Crippen LogP contribution is 2.25. The summed E-state index contributed by atoms with van der Waals surface area (Å²) in [5, 5.41) is 6.24. The Bertz CT molecular complexity index is 508. The molecular weight excluding hydrogens is 302 g/mol. The van der Waals surface area contributed by atoms with Gasteiger partial charge in [0.25, 0.3) is 0 Å². The van der Waals surface area contributed by atoms with E-state index in [0.717, 1.165) is 63.5 Å². The van der Waals surface area contributed by atoms with Gasteiger partial charge in [-0.2, -0.15) is 0 Å². The van der Waals surface area contributed by atoms with Crippen LogP contribution in [0, 0.1) is 5.92 Å². The van der Waals surface area contributed by atoms with Crippen LogP contribution in [0.3, 0.4) is 0 Å². The van der Waals surface area contributed by atoms with E-state index < -0.39 is 0 Å². The van der Waals surface area contributed by atoms with Gasteiger partial charge in [-0.25, -0.2) is 9.97 Å². The van der Waals surface area contributed by atoms with Gasteiger partial charge in [0.15, 0.2) is 0 Å². The number of hydrogen-bond acceptors (Lipinski definition) is 5. The Labute approximate surface area is 145 Å². The molecule has 0 radical (unpaired) electrons. The van der Waals surface area contributed by atoms with Gasteiger partial charge in [-0.1, -0.05) is 13.3 Å². The molecule has 0 unspecified atom stereocenters. The van der Waals surface area contributed by atoms with Crippen molar-refractivity contribution >= 4 is 17.5 Å². The van der Waals surface area contributed by atoms with E-state index in [-0.39, 0.29) is 5.91 Å². The number of nitrogens with one attached hydrogen (secondary N) is 2. The maximum atomic E-state index is 11.9. The van der Waals surface area contributed by atoms with Gasteiger partial charge in [-0.05, 0) is 38.5 Å². The number of piperidine rings is 1. The predicted molar refractivity (Wildman–Crippen MR) is 98.3 cm³/mol. The Hall–Kier alpha value is -1.85. The molecule has 1 aromatic heterocycles. The fourth-order valence-corrected chi connectivity index (χ4v) is 3.13. The fraction of sp³-hybridized carbons (Fsp3) is 0.722. The first-order valence-electron chi connectivity index (χ1n) is 9.30. The number of hydrogen-bond donors (Lipinski definition) is 2. The summed E-state index contributed by atoms with van der Waals surface area (Å²) in [4.78, 5) is 22.9. The quantitative estimate of drug-likeness (QED) is 0.680. The lowest BCUT2D eigenvalue weighted by Gasteiger charge is -2.33. The van der Waals surface area contributed by atoms with E-state index >= 15 is 0 Å². The van der Waals surface area contributed by atoms with E-state index in [2.05, 4.69) is 39.3 Å². The molecule has 24 heavy (non-hydrogen) atoms. The van der Waals surface area contributed by atoms with Crippen LogP contribution in [0.25, 0.3) is 0 Å². The Morgan fingerprint density at radius 1 is 1.38 bits per heavy atom. The van der Waals surface area contributed by atoms with E-state index in [4.69, 9.17) is 0 Å². The molecule has 6 heteroatoms. The molecule has 0 saturated carbocycles. The van der Waals surface area contributed by atoms with Crippen molar-refractivity contribution in [1.82, 2.24) is 15.3 Å². The van der Waals surface area contributed by atoms with E-state index in [0.29, 0.717) is 12.3 Å². The Kier molecular flexibility index (Phi) is 7.79. The molecule has 1 saturated heterocycles. The Morgan fingerprint density at radius 2 is 2.25 bits per heavy atom. The highest BCUT2D eigenvalue weighted by Gasteiger charge is 2.21. The van der Waals surface area contributed by atoms with Gasteiger partial charge in [-0.15, -0.1) is 0 Å². The van der Waals surface area contributed by atoms with Crippen LogP contribution in [0.15, 0.2) is 12.4 Å². The second-order valence-corrected chi connectivity index (χ2v) is 6.49. The van der Waals surface area contributed by atoms with Crippen molar-refractivity contribution in [2.75, 3.05) is 36.4 Å². The van der Waals surface area contributed by atoms with Gasteiger partial charge in [0.1, 0.15) is 18.0 Å². The molecule has 1 aliphatic rings. The fourth-order valence-electron chi connectivity index (χ4n) is 3.13. The summed E-state index contributed by atoms with van der Waals surface area (Å²) in [6.45, 7) is 7.86. The van der Waals surface area contributed by atoms with Crippen molar-refractivity contribution in [2.45, 2.75) is 52.4 Å². The lowest BCUT2D eigenvalue weighted by molar-refractivity contribution is -0.121. The minimum absolute atomic E-state index is 0.192. The molecule has 1 aromatic rings. The Balaban J connectivity index is 1.81. The second kappa shape index (κ2) is 10.1. The van der Waals surface area contributed by atoms with Crippen LogP contribution in [0.5, 0.6) is 0 Å². The molecule has 1 atom stereocenters. The van der Waals surface area contributed by atoms with Gasteiger partial charge in [0, 0.05) is 38.7 Å². The number of carbonyl (C=O) groups excluding carboxylic acids is 1. The van der Waals surface area contributed by atoms with Crippen LogP contribution >= 0.6 is 0 Å². The van der Waals surface area contributed by atoms with Gasteiger partial charge in [0.05, 0.1) is 0 Å². The number of unbranched alkanes of at least 4 members (excludes halogenated alkanes) is 1. The summed E-state index contributed by atoms with van der Waals surface area (Å²) in [6, 6.07) is 2.02. The van der Waals surface area contributed by atoms with Crippen molar-refractivity contribution in [1.29, 1.82) is 0 Å². The molecule has 2 heterocycles. The number of nitrogens with zero attached hydrogens (tertiary/aromatic N) is 3. The first-order chi connectivity index (χ1) is 11.7. The topological polar surface area (TPSA) is 70.2 Å². The maximum Gasteiger partial charge on any atom is 0.220 e. The SMILES string of the molecule is CCCCNC(=O)CC[C@H]1CCCN(c2cc(NCC)ncn2)C1. The van der Waals surface area contributed by atoms with E-state index in [1.807, 2.05) is 6.07 Å². The van der Waals surface area contributed by atoms with E-state index in [1.54, 1.807) is 6.33 Å². The molecule has 1 fully saturated rings.